The van der Waals surface area contributed by atoms with Crippen molar-refractivity contribution >= 4 is 21.5 Å². The molecule has 0 radical (unpaired) electrons. The van der Waals surface area contributed by atoms with Crippen molar-refractivity contribution in [2.45, 2.75) is 13.8 Å². The first-order valence-corrected chi connectivity index (χ1v) is 10.6. The minimum Gasteiger partial charge on any atom is -0.262 e. The highest BCUT2D eigenvalue weighted by Gasteiger charge is 2.17. The monoisotopic (exact) mass is 408 g/mol. The Balaban J connectivity index is 1.91. The minimum absolute atomic E-state index is 0.686. The second-order valence-corrected chi connectivity index (χ2v) is 7.89. The lowest BCUT2D eigenvalue weighted by Crippen LogP contribution is -1.94. The maximum atomic E-state index is 9.86. The number of fused-ring (bicyclic) bond motifs is 2. The van der Waals surface area contributed by atoms with Crippen LogP contribution in [0.5, 0.6) is 0 Å². The van der Waals surface area contributed by atoms with Crippen molar-refractivity contribution in [1.29, 1.82) is 5.26 Å². The van der Waals surface area contributed by atoms with Gasteiger partial charge in [0.05, 0.1) is 11.6 Å². The second-order valence-electron chi connectivity index (χ2n) is 7.89. The Morgan fingerprint density at radius 1 is 0.688 bits per heavy atom. The lowest BCUT2D eigenvalue weighted by Gasteiger charge is -2.17. The summed E-state index contributed by atoms with van der Waals surface area (Å²) < 4.78 is 0. The molecule has 0 spiro atoms. The van der Waals surface area contributed by atoms with Gasteiger partial charge in [-0.3, -0.25) is 4.98 Å². The van der Waals surface area contributed by atoms with Crippen LogP contribution in [0.15, 0.2) is 85.1 Å². The van der Waals surface area contributed by atoms with Crippen molar-refractivity contribution in [3.8, 4) is 29.0 Å². The molecule has 1 heterocycles. The summed E-state index contributed by atoms with van der Waals surface area (Å²) in [7, 11) is 0. The van der Waals surface area contributed by atoms with Crippen LogP contribution in [0.3, 0.4) is 0 Å². The van der Waals surface area contributed by atoms with Gasteiger partial charge in [-0.05, 0) is 64.7 Å². The third-order valence-electron chi connectivity index (χ3n) is 5.80. The fourth-order valence-corrected chi connectivity index (χ4v) is 4.38. The Hall–Kier alpha value is -4.40. The normalized spacial score (nSPS) is 10.5. The molecule has 0 amide bonds. The van der Waals surface area contributed by atoms with E-state index in [9.17, 15) is 5.26 Å². The number of nitrogens with zero attached hydrogens (tertiary/aromatic N) is 2. The van der Waals surface area contributed by atoms with E-state index in [1.165, 1.54) is 0 Å². The van der Waals surface area contributed by atoms with Gasteiger partial charge in [0.1, 0.15) is 0 Å². The Labute approximate surface area is 187 Å². The first kappa shape index (κ1) is 19.6. The minimum atomic E-state index is 0.686. The molecule has 0 aliphatic rings. The van der Waals surface area contributed by atoms with Crippen LogP contribution in [0.2, 0.25) is 0 Å². The van der Waals surface area contributed by atoms with Crippen LogP contribution in [0, 0.1) is 37.0 Å². The SMILES string of the molecule is Cc1cc(C#Cc2c3ccccc3c(-c3c(C)cccc3C#N)c3ccccc23)ccn1. The van der Waals surface area contributed by atoms with Gasteiger partial charge in [0.25, 0.3) is 0 Å². The van der Waals surface area contributed by atoms with Gasteiger partial charge in [-0.1, -0.05) is 72.5 Å². The van der Waals surface area contributed by atoms with Crippen molar-refractivity contribution in [1.82, 2.24) is 4.98 Å². The summed E-state index contributed by atoms with van der Waals surface area (Å²) in [5.41, 5.74) is 6.76. The number of benzene rings is 4. The molecule has 1 aromatic heterocycles. The summed E-state index contributed by atoms with van der Waals surface area (Å²) >= 11 is 0. The number of pyridine rings is 1. The number of aryl methyl sites for hydroxylation is 2. The van der Waals surface area contributed by atoms with E-state index in [0.717, 1.165) is 55.1 Å². The molecule has 2 nitrogen and oxygen atoms in total. The van der Waals surface area contributed by atoms with Gasteiger partial charge in [0.2, 0.25) is 0 Å². The van der Waals surface area contributed by atoms with Crippen LogP contribution in [-0.2, 0) is 0 Å². The van der Waals surface area contributed by atoms with Crippen molar-refractivity contribution in [2.75, 3.05) is 0 Å². The van der Waals surface area contributed by atoms with Gasteiger partial charge in [-0.25, -0.2) is 0 Å². The lowest BCUT2D eigenvalue weighted by atomic mass is 9.85. The molecule has 32 heavy (non-hydrogen) atoms. The van der Waals surface area contributed by atoms with E-state index in [4.69, 9.17) is 0 Å². The van der Waals surface area contributed by atoms with Crippen LogP contribution >= 0.6 is 0 Å². The number of hydrogen-bond acceptors (Lipinski definition) is 2. The molecule has 0 N–H and O–H groups in total. The molecule has 0 saturated heterocycles. The van der Waals surface area contributed by atoms with E-state index in [1.807, 2.05) is 55.5 Å². The standard InChI is InChI=1S/C30H20N2/c1-20-8-7-9-23(19-31)29(20)30-27-12-5-3-10-24(27)26(25-11-4-6-13-28(25)30)15-14-22-16-17-32-21(2)18-22/h3-13,16-18H,1-2H3. The highest BCUT2D eigenvalue weighted by atomic mass is 14.6. The quantitative estimate of drug-likeness (QED) is 0.222. The molecule has 5 rings (SSSR count). The summed E-state index contributed by atoms with van der Waals surface area (Å²) in [6, 6.07) is 28.9. The zero-order valence-corrected chi connectivity index (χ0v) is 18.0. The van der Waals surface area contributed by atoms with Gasteiger partial charge >= 0.3 is 0 Å². The van der Waals surface area contributed by atoms with Gasteiger partial charge in [-0.15, -0.1) is 0 Å². The molecule has 4 aromatic carbocycles. The second kappa shape index (κ2) is 8.03. The van der Waals surface area contributed by atoms with Gasteiger partial charge in [-0.2, -0.15) is 5.26 Å². The predicted molar refractivity (Wildman–Crippen MR) is 131 cm³/mol. The summed E-state index contributed by atoms with van der Waals surface area (Å²) in [4.78, 5) is 4.27. The van der Waals surface area contributed by atoms with Crippen LogP contribution in [0.25, 0.3) is 32.7 Å². The largest absolute Gasteiger partial charge is 0.262 e. The van der Waals surface area contributed by atoms with Crippen molar-refractivity contribution in [2.24, 2.45) is 0 Å². The van der Waals surface area contributed by atoms with Gasteiger partial charge < -0.3 is 0 Å². The Bertz CT molecular complexity index is 1550. The molecule has 0 atom stereocenters. The number of rotatable bonds is 1. The fourth-order valence-electron chi connectivity index (χ4n) is 4.38. The Morgan fingerprint density at radius 3 is 1.97 bits per heavy atom. The van der Waals surface area contributed by atoms with Gasteiger partial charge in [0, 0.05) is 28.6 Å². The number of hydrogen-bond donors (Lipinski definition) is 0. The van der Waals surface area contributed by atoms with Crippen LogP contribution < -0.4 is 0 Å². The van der Waals surface area contributed by atoms with E-state index >= 15 is 0 Å². The average molecular weight is 409 g/mol. The Morgan fingerprint density at radius 2 is 1.34 bits per heavy atom. The third kappa shape index (κ3) is 3.29. The fraction of sp³-hybridized carbons (Fsp3) is 0.0667. The molecule has 5 aromatic rings. The van der Waals surface area contributed by atoms with Crippen LogP contribution in [-0.4, -0.2) is 4.98 Å². The number of nitriles is 1. The summed E-state index contributed by atoms with van der Waals surface area (Å²) in [5, 5.41) is 14.2. The highest BCUT2D eigenvalue weighted by Crippen LogP contribution is 2.41. The smallest absolute Gasteiger partial charge is 0.0998 e. The van der Waals surface area contributed by atoms with E-state index in [-0.39, 0.29) is 0 Å². The van der Waals surface area contributed by atoms with E-state index in [0.29, 0.717) is 5.56 Å². The zero-order chi connectivity index (χ0) is 22.1. The van der Waals surface area contributed by atoms with Crippen molar-refractivity contribution in [3.63, 3.8) is 0 Å². The number of aromatic nitrogens is 1. The average Bonchev–Trinajstić information content (AvgIpc) is 2.82. The molecular weight excluding hydrogens is 388 g/mol. The molecule has 0 fully saturated rings. The highest BCUT2D eigenvalue weighted by molar-refractivity contribution is 6.17. The third-order valence-corrected chi connectivity index (χ3v) is 5.80. The van der Waals surface area contributed by atoms with Crippen molar-refractivity contribution < 1.29 is 0 Å². The molecule has 150 valence electrons. The summed E-state index contributed by atoms with van der Waals surface area (Å²) in [5.74, 6) is 6.79. The van der Waals surface area contributed by atoms with Crippen LogP contribution in [0.1, 0.15) is 27.9 Å². The molecule has 0 aliphatic carbocycles. The molecule has 2 heteroatoms. The van der Waals surface area contributed by atoms with E-state index < -0.39 is 0 Å². The summed E-state index contributed by atoms with van der Waals surface area (Å²) in [6.45, 7) is 4.04. The zero-order valence-electron chi connectivity index (χ0n) is 18.0. The molecular formula is C30H20N2. The maximum absolute atomic E-state index is 9.86. The van der Waals surface area contributed by atoms with Gasteiger partial charge in [0.15, 0.2) is 0 Å². The molecule has 0 bridgehead atoms. The van der Waals surface area contributed by atoms with Crippen LogP contribution in [0.4, 0.5) is 0 Å². The molecule has 0 aliphatic heterocycles. The molecule has 0 saturated carbocycles. The lowest BCUT2D eigenvalue weighted by molar-refractivity contribution is 1.19. The summed E-state index contributed by atoms with van der Waals surface area (Å²) in [6.07, 6.45) is 1.79. The predicted octanol–water partition coefficient (Wildman–Crippen LogP) is 6.94. The topological polar surface area (TPSA) is 36.7 Å². The Kier molecular flexibility index (Phi) is 4.91. The molecule has 0 unspecified atom stereocenters. The van der Waals surface area contributed by atoms with E-state index in [1.54, 1.807) is 6.20 Å². The van der Waals surface area contributed by atoms with E-state index in [2.05, 4.69) is 60.1 Å². The maximum Gasteiger partial charge on any atom is 0.0998 e. The first-order valence-electron chi connectivity index (χ1n) is 10.6. The van der Waals surface area contributed by atoms with Crippen molar-refractivity contribution in [3.05, 3.63) is 113 Å². The first-order chi connectivity index (χ1) is 15.7.